The normalized spacial score (nSPS) is 14.5. The van der Waals surface area contributed by atoms with Crippen LogP contribution < -0.4 is 0 Å². The number of ether oxygens (including phenoxy) is 2. The van der Waals surface area contributed by atoms with Crippen molar-refractivity contribution in [3.63, 3.8) is 0 Å². The first-order valence-corrected chi connectivity index (χ1v) is 9.95. The molecule has 3 aromatic rings. The fourth-order valence-electron chi connectivity index (χ4n) is 3.58. The number of benzene rings is 1. The smallest absolute Gasteiger partial charge is 0.339 e. The van der Waals surface area contributed by atoms with E-state index in [1.165, 1.54) is 11.8 Å². The predicted molar refractivity (Wildman–Crippen MR) is 109 cm³/mol. The molecule has 1 fully saturated rings. The van der Waals surface area contributed by atoms with Gasteiger partial charge >= 0.3 is 11.9 Å². The van der Waals surface area contributed by atoms with Crippen LogP contribution in [0.15, 0.2) is 24.4 Å². The van der Waals surface area contributed by atoms with Gasteiger partial charge in [-0.25, -0.2) is 9.48 Å². The summed E-state index contributed by atoms with van der Waals surface area (Å²) >= 11 is 0. The third-order valence-corrected chi connectivity index (χ3v) is 5.26. The Bertz CT molecular complexity index is 1130. The Morgan fingerprint density at radius 2 is 2.00 bits per heavy atom. The van der Waals surface area contributed by atoms with Crippen LogP contribution in [0.1, 0.15) is 64.7 Å². The molecule has 0 bridgehead atoms. The van der Waals surface area contributed by atoms with Crippen molar-refractivity contribution in [1.82, 2.24) is 20.0 Å². The standard InChI is InChI=1S/C22H24N4O4/c1-12-7-13(2)21-16(9-17(15-5-6-15)23-18(21)8-12)22(28)30-14(3)19-10-26(25-24-19)11-20(27)29-4/h7-10,14-15H,5-6,11H2,1-4H3/t14-/m0/s1. The van der Waals surface area contributed by atoms with E-state index < -0.39 is 18.0 Å². The molecule has 4 rings (SSSR count). The number of carbonyl (C=O) groups excluding carboxylic acids is 2. The van der Waals surface area contributed by atoms with Crippen LogP contribution in [0.25, 0.3) is 10.9 Å². The van der Waals surface area contributed by atoms with Gasteiger partial charge < -0.3 is 9.47 Å². The van der Waals surface area contributed by atoms with E-state index >= 15 is 0 Å². The average molecular weight is 408 g/mol. The summed E-state index contributed by atoms with van der Waals surface area (Å²) in [5.41, 5.74) is 4.84. The van der Waals surface area contributed by atoms with E-state index in [0.29, 0.717) is 17.2 Å². The first-order valence-electron chi connectivity index (χ1n) is 9.95. The number of esters is 2. The summed E-state index contributed by atoms with van der Waals surface area (Å²) in [7, 11) is 1.31. The Morgan fingerprint density at radius 1 is 1.23 bits per heavy atom. The van der Waals surface area contributed by atoms with Crippen LogP contribution >= 0.6 is 0 Å². The maximum atomic E-state index is 13.1. The van der Waals surface area contributed by atoms with Crippen LogP contribution in [0.5, 0.6) is 0 Å². The number of hydrogen-bond acceptors (Lipinski definition) is 7. The molecule has 30 heavy (non-hydrogen) atoms. The zero-order valence-electron chi connectivity index (χ0n) is 17.5. The first kappa shape index (κ1) is 20.0. The highest BCUT2D eigenvalue weighted by Crippen LogP contribution is 2.40. The summed E-state index contributed by atoms with van der Waals surface area (Å²) in [5, 5.41) is 8.72. The quantitative estimate of drug-likeness (QED) is 0.577. The minimum Gasteiger partial charge on any atom is -0.468 e. The summed E-state index contributed by atoms with van der Waals surface area (Å²) in [4.78, 5) is 29.3. The second kappa shape index (κ2) is 7.85. The number of carbonyl (C=O) groups is 2. The Labute approximate surface area is 174 Å². The number of methoxy groups -OCH3 is 1. The van der Waals surface area contributed by atoms with Gasteiger partial charge in [0.05, 0.1) is 24.4 Å². The molecule has 0 unspecified atom stereocenters. The molecule has 1 aliphatic rings. The van der Waals surface area contributed by atoms with Crippen molar-refractivity contribution in [2.75, 3.05) is 7.11 Å². The molecule has 1 aromatic carbocycles. The summed E-state index contributed by atoms with van der Waals surface area (Å²) in [6.07, 6.45) is 3.14. The number of nitrogens with zero attached hydrogens (tertiary/aromatic N) is 4. The van der Waals surface area contributed by atoms with Crippen molar-refractivity contribution < 1.29 is 19.1 Å². The van der Waals surface area contributed by atoms with Crippen molar-refractivity contribution in [3.8, 4) is 0 Å². The molecule has 0 amide bonds. The van der Waals surface area contributed by atoms with Gasteiger partial charge in [-0.3, -0.25) is 9.78 Å². The van der Waals surface area contributed by atoms with Crippen LogP contribution in [0.4, 0.5) is 0 Å². The lowest BCUT2D eigenvalue weighted by Gasteiger charge is -2.15. The van der Waals surface area contributed by atoms with Crippen LogP contribution in [-0.2, 0) is 20.8 Å². The summed E-state index contributed by atoms with van der Waals surface area (Å²) in [6, 6.07) is 5.91. The van der Waals surface area contributed by atoms with E-state index in [1.807, 2.05) is 32.0 Å². The van der Waals surface area contributed by atoms with E-state index in [1.54, 1.807) is 13.1 Å². The lowest BCUT2D eigenvalue weighted by Crippen LogP contribution is -2.12. The second-order valence-corrected chi connectivity index (χ2v) is 7.81. The Hall–Kier alpha value is -3.29. The van der Waals surface area contributed by atoms with Gasteiger partial charge in [0, 0.05) is 17.0 Å². The molecule has 2 heterocycles. The predicted octanol–water partition coefficient (Wildman–Crippen LogP) is 3.41. The molecule has 0 spiro atoms. The summed E-state index contributed by atoms with van der Waals surface area (Å²) in [6.45, 7) is 5.68. The molecule has 1 saturated carbocycles. The Balaban J connectivity index is 1.62. The van der Waals surface area contributed by atoms with Crippen molar-refractivity contribution >= 4 is 22.8 Å². The van der Waals surface area contributed by atoms with E-state index in [-0.39, 0.29) is 6.54 Å². The Morgan fingerprint density at radius 3 is 2.70 bits per heavy atom. The molecule has 0 radical (unpaired) electrons. The average Bonchev–Trinajstić information content (AvgIpc) is 3.45. The lowest BCUT2D eigenvalue weighted by atomic mass is 9.99. The van der Waals surface area contributed by atoms with Crippen molar-refractivity contribution in [1.29, 1.82) is 0 Å². The molecule has 0 N–H and O–H groups in total. The molecule has 156 valence electrons. The van der Waals surface area contributed by atoms with Crippen molar-refractivity contribution in [2.24, 2.45) is 0 Å². The van der Waals surface area contributed by atoms with E-state index in [9.17, 15) is 9.59 Å². The van der Waals surface area contributed by atoms with Crippen molar-refractivity contribution in [2.45, 2.75) is 52.2 Å². The van der Waals surface area contributed by atoms with Crippen LogP contribution in [0, 0.1) is 13.8 Å². The maximum absolute atomic E-state index is 13.1. The van der Waals surface area contributed by atoms with Gasteiger partial charge in [0.15, 0.2) is 0 Å². The van der Waals surface area contributed by atoms with E-state index in [0.717, 1.165) is 40.6 Å². The Kier molecular flexibility index (Phi) is 5.24. The van der Waals surface area contributed by atoms with Gasteiger partial charge in [-0.1, -0.05) is 11.3 Å². The van der Waals surface area contributed by atoms with Gasteiger partial charge in [0.25, 0.3) is 0 Å². The van der Waals surface area contributed by atoms with Gasteiger partial charge in [-0.15, -0.1) is 5.10 Å². The fourth-order valence-corrected chi connectivity index (χ4v) is 3.58. The van der Waals surface area contributed by atoms with Gasteiger partial charge in [0.2, 0.25) is 0 Å². The highest BCUT2D eigenvalue weighted by Gasteiger charge is 2.28. The van der Waals surface area contributed by atoms with Crippen LogP contribution in [0.3, 0.4) is 0 Å². The largest absolute Gasteiger partial charge is 0.468 e. The fraction of sp³-hybridized carbons (Fsp3) is 0.409. The third-order valence-electron chi connectivity index (χ3n) is 5.26. The molecule has 0 aliphatic heterocycles. The van der Waals surface area contributed by atoms with Crippen molar-refractivity contribution in [3.05, 3.63) is 52.5 Å². The third kappa shape index (κ3) is 4.03. The van der Waals surface area contributed by atoms with Gasteiger partial charge in [-0.05, 0) is 56.9 Å². The molecule has 1 atom stereocenters. The lowest BCUT2D eigenvalue weighted by molar-refractivity contribution is -0.141. The maximum Gasteiger partial charge on any atom is 0.339 e. The number of rotatable bonds is 6. The zero-order valence-corrected chi connectivity index (χ0v) is 17.5. The number of hydrogen-bond donors (Lipinski definition) is 0. The molecule has 0 saturated heterocycles. The summed E-state index contributed by atoms with van der Waals surface area (Å²) < 4.78 is 11.7. The minimum absolute atomic E-state index is 0.0531. The molecular formula is C22H24N4O4. The zero-order chi connectivity index (χ0) is 21.4. The van der Waals surface area contributed by atoms with Gasteiger partial charge in [-0.2, -0.15) is 0 Å². The monoisotopic (exact) mass is 408 g/mol. The molecule has 8 nitrogen and oxygen atoms in total. The number of pyridine rings is 1. The summed E-state index contributed by atoms with van der Waals surface area (Å²) in [5.74, 6) is -0.443. The molecule has 1 aliphatic carbocycles. The second-order valence-electron chi connectivity index (χ2n) is 7.81. The number of fused-ring (bicyclic) bond motifs is 1. The first-order chi connectivity index (χ1) is 14.4. The number of aryl methyl sites for hydroxylation is 2. The molecule has 8 heteroatoms. The highest BCUT2D eigenvalue weighted by molar-refractivity contribution is 6.05. The highest BCUT2D eigenvalue weighted by atomic mass is 16.5. The van der Waals surface area contributed by atoms with Crippen LogP contribution in [0.2, 0.25) is 0 Å². The van der Waals surface area contributed by atoms with E-state index in [2.05, 4.69) is 15.0 Å². The topological polar surface area (TPSA) is 96.2 Å². The van der Waals surface area contributed by atoms with Crippen LogP contribution in [-0.4, -0.2) is 39.0 Å². The van der Waals surface area contributed by atoms with Gasteiger partial charge in [0.1, 0.15) is 18.3 Å². The van der Waals surface area contributed by atoms with E-state index in [4.69, 9.17) is 9.72 Å². The SMILES string of the molecule is COC(=O)Cn1cc([C@H](C)OC(=O)c2cc(C3CC3)nc3cc(C)cc(C)c23)nn1. The molecule has 2 aromatic heterocycles. The minimum atomic E-state index is -0.623. The molecular weight excluding hydrogens is 384 g/mol. The number of aromatic nitrogens is 4.